The van der Waals surface area contributed by atoms with Gasteiger partial charge in [-0.1, -0.05) is 0 Å². The van der Waals surface area contributed by atoms with E-state index in [0.717, 1.165) is 10.7 Å². The summed E-state index contributed by atoms with van der Waals surface area (Å²) < 4.78 is 48.7. The van der Waals surface area contributed by atoms with Crippen molar-refractivity contribution in [2.45, 2.75) is 6.18 Å². The Hall–Kier alpha value is -2.78. The van der Waals surface area contributed by atoms with Gasteiger partial charge in [0.05, 0.1) is 12.0 Å². The molecule has 0 bridgehead atoms. The SMILES string of the molecule is COc1ccc([N+](=O)[O-])c(Oc2cc(C(F)(F)F)nn2C)c1. The minimum absolute atomic E-state index is 0.249. The number of benzene rings is 1. The van der Waals surface area contributed by atoms with Gasteiger partial charge in [0.15, 0.2) is 5.69 Å². The lowest BCUT2D eigenvalue weighted by atomic mass is 10.3. The molecule has 0 fully saturated rings. The van der Waals surface area contributed by atoms with Gasteiger partial charge in [-0.05, 0) is 6.07 Å². The third-order valence-corrected chi connectivity index (χ3v) is 2.71. The van der Waals surface area contributed by atoms with Crippen LogP contribution in [0.5, 0.6) is 17.4 Å². The molecule has 0 saturated heterocycles. The van der Waals surface area contributed by atoms with E-state index in [0.29, 0.717) is 6.07 Å². The molecule has 118 valence electrons. The number of aromatic nitrogens is 2. The van der Waals surface area contributed by atoms with Crippen molar-refractivity contribution in [2.75, 3.05) is 7.11 Å². The highest BCUT2D eigenvalue weighted by Gasteiger charge is 2.35. The van der Waals surface area contributed by atoms with Gasteiger partial charge in [0.1, 0.15) is 5.75 Å². The molecular weight excluding hydrogens is 307 g/mol. The fourth-order valence-corrected chi connectivity index (χ4v) is 1.65. The van der Waals surface area contributed by atoms with Crippen molar-refractivity contribution in [3.8, 4) is 17.4 Å². The molecule has 0 atom stereocenters. The minimum Gasteiger partial charge on any atom is -0.497 e. The van der Waals surface area contributed by atoms with Crippen molar-refractivity contribution in [3.63, 3.8) is 0 Å². The van der Waals surface area contributed by atoms with Crippen LogP contribution < -0.4 is 9.47 Å². The molecule has 0 aliphatic heterocycles. The first-order chi connectivity index (χ1) is 10.2. The summed E-state index contributed by atoms with van der Waals surface area (Å²) in [5.41, 5.74) is -1.56. The molecule has 0 saturated carbocycles. The average molecular weight is 317 g/mol. The Balaban J connectivity index is 2.42. The summed E-state index contributed by atoms with van der Waals surface area (Å²) in [5, 5.41) is 14.2. The minimum atomic E-state index is -4.64. The largest absolute Gasteiger partial charge is 0.497 e. The second-order valence-corrected chi connectivity index (χ2v) is 4.18. The van der Waals surface area contributed by atoms with E-state index in [4.69, 9.17) is 9.47 Å². The first-order valence-electron chi connectivity index (χ1n) is 5.84. The number of alkyl halides is 3. The zero-order valence-electron chi connectivity index (χ0n) is 11.4. The van der Waals surface area contributed by atoms with Crippen LogP contribution in [0, 0.1) is 10.1 Å². The van der Waals surface area contributed by atoms with Gasteiger partial charge in [-0.25, -0.2) is 4.68 Å². The van der Waals surface area contributed by atoms with Gasteiger partial charge in [0.25, 0.3) is 0 Å². The topological polar surface area (TPSA) is 79.4 Å². The lowest BCUT2D eigenvalue weighted by Gasteiger charge is -2.07. The maximum Gasteiger partial charge on any atom is 0.435 e. The Bertz CT molecular complexity index is 712. The van der Waals surface area contributed by atoms with Crippen molar-refractivity contribution in [1.29, 1.82) is 0 Å². The Kier molecular flexibility index (Phi) is 3.93. The van der Waals surface area contributed by atoms with Crippen LogP contribution in [0.15, 0.2) is 24.3 Å². The lowest BCUT2D eigenvalue weighted by Crippen LogP contribution is -2.06. The van der Waals surface area contributed by atoms with E-state index in [-0.39, 0.29) is 17.4 Å². The Labute approximate surface area is 122 Å². The molecule has 10 heteroatoms. The second kappa shape index (κ2) is 5.54. The van der Waals surface area contributed by atoms with Crippen molar-refractivity contribution in [3.05, 3.63) is 40.1 Å². The molecule has 0 aliphatic carbocycles. The number of hydrogen-bond donors (Lipinski definition) is 0. The van der Waals surface area contributed by atoms with Crippen LogP contribution >= 0.6 is 0 Å². The van der Waals surface area contributed by atoms with Crippen LogP contribution in [-0.4, -0.2) is 21.8 Å². The van der Waals surface area contributed by atoms with E-state index in [1.165, 1.54) is 26.3 Å². The monoisotopic (exact) mass is 317 g/mol. The Morgan fingerprint density at radius 3 is 2.50 bits per heavy atom. The number of methoxy groups -OCH3 is 1. The third-order valence-electron chi connectivity index (χ3n) is 2.71. The number of hydrogen-bond acceptors (Lipinski definition) is 5. The summed E-state index contributed by atoms with van der Waals surface area (Å²) >= 11 is 0. The molecule has 22 heavy (non-hydrogen) atoms. The fraction of sp³-hybridized carbons (Fsp3) is 0.250. The van der Waals surface area contributed by atoms with Crippen molar-refractivity contribution < 1.29 is 27.6 Å². The van der Waals surface area contributed by atoms with Gasteiger partial charge in [-0.15, -0.1) is 0 Å². The standard InChI is InChI=1S/C12H10F3N3O4/c1-17-11(6-10(16-17)12(13,14)15)22-9-5-7(21-2)3-4-8(9)18(19)20/h3-6H,1-2H3. The molecule has 1 aromatic heterocycles. The van der Waals surface area contributed by atoms with Crippen molar-refractivity contribution in [2.24, 2.45) is 7.05 Å². The molecule has 7 nitrogen and oxygen atoms in total. The van der Waals surface area contributed by atoms with Crippen LogP contribution in [0.25, 0.3) is 0 Å². The van der Waals surface area contributed by atoms with Gasteiger partial charge < -0.3 is 9.47 Å². The Morgan fingerprint density at radius 2 is 2.00 bits per heavy atom. The highest BCUT2D eigenvalue weighted by Crippen LogP contribution is 2.36. The third kappa shape index (κ3) is 3.10. The zero-order chi connectivity index (χ0) is 16.5. The molecule has 0 unspecified atom stereocenters. The smallest absolute Gasteiger partial charge is 0.435 e. The van der Waals surface area contributed by atoms with E-state index in [9.17, 15) is 23.3 Å². The highest BCUT2D eigenvalue weighted by molar-refractivity contribution is 5.52. The normalized spacial score (nSPS) is 11.3. The molecule has 2 rings (SSSR count). The summed E-state index contributed by atoms with van der Waals surface area (Å²) in [4.78, 5) is 10.2. The molecule has 1 heterocycles. The molecular formula is C12H10F3N3O4. The summed E-state index contributed by atoms with van der Waals surface area (Å²) in [5.74, 6) is -0.274. The van der Waals surface area contributed by atoms with Gasteiger partial charge >= 0.3 is 11.9 Å². The van der Waals surface area contributed by atoms with Crippen molar-refractivity contribution >= 4 is 5.69 Å². The van der Waals surface area contributed by atoms with E-state index in [1.807, 2.05) is 0 Å². The molecule has 2 aromatic rings. The maximum absolute atomic E-state index is 12.6. The molecule has 0 N–H and O–H groups in total. The molecule has 0 amide bonds. The van der Waals surface area contributed by atoms with E-state index >= 15 is 0 Å². The number of nitro benzene ring substituents is 1. The fourth-order valence-electron chi connectivity index (χ4n) is 1.65. The van der Waals surface area contributed by atoms with Crippen LogP contribution in [-0.2, 0) is 13.2 Å². The number of nitro groups is 1. The zero-order valence-corrected chi connectivity index (χ0v) is 11.4. The van der Waals surface area contributed by atoms with Crippen molar-refractivity contribution in [1.82, 2.24) is 9.78 Å². The predicted molar refractivity (Wildman–Crippen MR) is 67.9 cm³/mol. The first kappa shape index (κ1) is 15.6. The quantitative estimate of drug-likeness (QED) is 0.639. The average Bonchev–Trinajstić information content (AvgIpc) is 2.80. The number of rotatable bonds is 4. The first-order valence-corrected chi connectivity index (χ1v) is 5.84. The number of aryl methyl sites for hydroxylation is 1. The Morgan fingerprint density at radius 1 is 1.32 bits per heavy atom. The van der Waals surface area contributed by atoms with E-state index < -0.39 is 22.5 Å². The number of nitrogens with zero attached hydrogens (tertiary/aromatic N) is 3. The molecule has 1 aromatic carbocycles. The van der Waals surface area contributed by atoms with Gasteiger partial charge in [0.2, 0.25) is 11.6 Å². The van der Waals surface area contributed by atoms with Crippen LogP contribution in [0.4, 0.5) is 18.9 Å². The highest BCUT2D eigenvalue weighted by atomic mass is 19.4. The van der Waals surface area contributed by atoms with Gasteiger partial charge in [0, 0.05) is 25.2 Å². The number of ether oxygens (including phenoxy) is 2. The summed E-state index contributed by atoms with van der Waals surface area (Å²) in [7, 11) is 2.58. The predicted octanol–water partition coefficient (Wildman–Crippen LogP) is 3.15. The van der Waals surface area contributed by atoms with Gasteiger partial charge in [-0.3, -0.25) is 10.1 Å². The van der Waals surface area contributed by atoms with Gasteiger partial charge in [-0.2, -0.15) is 18.3 Å². The van der Waals surface area contributed by atoms with E-state index in [1.54, 1.807) is 0 Å². The molecule has 0 spiro atoms. The maximum atomic E-state index is 12.6. The summed E-state index contributed by atoms with van der Waals surface area (Å²) in [6.07, 6.45) is -4.64. The van der Waals surface area contributed by atoms with Crippen LogP contribution in [0.2, 0.25) is 0 Å². The van der Waals surface area contributed by atoms with Crippen LogP contribution in [0.3, 0.4) is 0 Å². The second-order valence-electron chi connectivity index (χ2n) is 4.18. The van der Waals surface area contributed by atoms with Crippen LogP contribution in [0.1, 0.15) is 5.69 Å². The summed E-state index contributed by atoms with van der Waals surface area (Å²) in [6, 6.07) is 4.34. The number of halogens is 3. The lowest BCUT2D eigenvalue weighted by molar-refractivity contribution is -0.385. The summed E-state index contributed by atoms with van der Waals surface area (Å²) in [6.45, 7) is 0. The molecule has 0 radical (unpaired) electrons. The van der Waals surface area contributed by atoms with E-state index in [2.05, 4.69) is 5.10 Å². The molecule has 0 aliphatic rings.